The molecule has 0 aromatic heterocycles. The van der Waals surface area contributed by atoms with Crippen molar-refractivity contribution < 1.29 is 9.53 Å². The van der Waals surface area contributed by atoms with E-state index in [4.69, 9.17) is 27.9 Å². The van der Waals surface area contributed by atoms with E-state index in [9.17, 15) is 4.79 Å². The minimum absolute atomic E-state index is 0.0368. The minimum atomic E-state index is -0.0477. The third kappa shape index (κ3) is 4.09. The maximum absolute atomic E-state index is 12.2. The summed E-state index contributed by atoms with van der Waals surface area (Å²) in [5, 5.41) is 4.22. The third-order valence-corrected chi connectivity index (χ3v) is 4.13. The Bertz CT molecular complexity index is 476. The predicted octanol–water partition coefficient (Wildman–Crippen LogP) is 2.33. The molecular weight excluding hydrogens is 299 g/mol. The van der Waals surface area contributed by atoms with E-state index >= 15 is 0 Å². The predicted molar refractivity (Wildman–Crippen MR) is 80.2 cm³/mol. The highest BCUT2D eigenvalue weighted by atomic mass is 35.5. The summed E-state index contributed by atoms with van der Waals surface area (Å²) < 4.78 is 5.53. The second kappa shape index (κ2) is 7.27. The fourth-order valence-corrected chi connectivity index (χ4v) is 2.50. The Morgan fingerprint density at radius 1 is 1.50 bits per heavy atom. The van der Waals surface area contributed by atoms with Crippen LogP contribution in [0.1, 0.15) is 12.0 Å². The Morgan fingerprint density at radius 2 is 2.30 bits per heavy atom. The number of hydrogen-bond acceptors (Lipinski definition) is 3. The van der Waals surface area contributed by atoms with E-state index in [0.717, 1.165) is 18.7 Å². The normalized spacial score (nSPS) is 18.9. The van der Waals surface area contributed by atoms with Crippen LogP contribution in [0.3, 0.4) is 0 Å². The van der Waals surface area contributed by atoms with Gasteiger partial charge in [-0.3, -0.25) is 4.79 Å². The van der Waals surface area contributed by atoms with Gasteiger partial charge in [-0.1, -0.05) is 35.3 Å². The largest absolute Gasteiger partial charge is 0.375 e. The number of nitrogens with one attached hydrogen (secondary N) is 1. The van der Waals surface area contributed by atoms with E-state index in [1.165, 1.54) is 0 Å². The number of amides is 1. The van der Waals surface area contributed by atoms with Crippen LogP contribution in [-0.4, -0.2) is 43.7 Å². The molecule has 0 aliphatic carbocycles. The van der Waals surface area contributed by atoms with Crippen molar-refractivity contribution in [2.24, 2.45) is 0 Å². The van der Waals surface area contributed by atoms with Gasteiger partial charge in [0.15, 0.2) is 0 Å². The fourth-order valence-electron chi connectivity index (χ4n) is 2.12. The zero-order chi connectivity index (χ0) is 14.5. The van der Waals surface area contributed by atoms with E-state index in [1.54, 1.807) is 18.0 Å². The van der Waals surface area contributed by atoms with Gasteiger partial charge in [0.05, 0.1) is 29.2 Å². The molecule has 1 aromatic rings. The molecule has 1 unspecified atom stereocenters. The van der Waals surface area contributed by atoms with E-state index in [-0.39, 0.29) is 12.0 Å². The van der Waals surface area contributed by atoms with Gasteiger partial charge in [0.2, 0.25) is 5.91 Å². The molecule has 0 spiro atoms. The first-order chi connectivity index (χ1) is 9.58. The Morgan fingerprint density at radius 3 is 3.00 bits per heavy atom. The van der Waals surface area contributed by atoms with Gasteiger partial charge < -0.3 is 15.0 Å². The van der Waals surface area contributed by atoms with Crippen molar-refractivity contribution in [2.45, 2.75) is 19.1 Å². The minimum Gasteiger partial charge on any atom is -0.375 e. The van der Waals surface area contributed by atoms with Crippen molar-refractivity contribution in [3.8, 4) is 0 Å². The Kier molecular flexibility index (Phi) is 5.66. The maximum Gasteiger partial charge on any atom is 0.225 e. The monoisotopic (exact) mass is 316 g/mol. The topological polar surface area (TPSA) is 41.6 Å². The lowest BCUT2D eigenvalue weighted by molar-refractivity contribution is -0.133. The molecule has 1 saturated heterocycles. The average Bonchev–Trinajstić information content (AvgIpc) is 2.45. The Labute approximate surface area is 129 Å². The van der Waals surface area contributed by atoms with Crippen LogP contribution in [0.2, 0.25) is 10.0 Å². The van der Waals surface area contributed by atoms with Gasteiger partial charge in [0.1, 0.15) is 0 Å². The van der Waals surface area contributed by atoms with Gasteiger partial charge in [0, 0.05) is 26.7 Å². The quantitative estimate of drug-likeness (QED) is 0.927. The van der Waals surface area contributed by atoms with Crippen LogP contribution in [0.5, 0.6) is 0 Å². The molecule has 6 heteroatoms. The highest BCUT2D eigenvalue weighted by Crippen LogP contribution is 2.26. The van der Waals surface area contributed by atoms with Crippen molar-refractivity contribution in [3.05, 3.63) is 33.8 Å². The molecule has 110 valence electrons. The lowest BCUT2D eigenvalue weighted by Gasteiger charge is -2.25. The molecule has 0 radical (unpaired) electrons. The van der Waals surface area contributed by atoms with Crippen LogP contribution >= 0.6 is 23.2 Å². The number of benzene rings is 1. The number of carbonyl (C=O) groups is 1. The summed E-state index contributed by atoms with van der Waals surface area (Å²) in [7, 11) is 1.76. The van der Waals surface area contributed by atoms with Crippen molar-refractivity contribution in [1.82, 2.24) is 10.2 Å². The van der Waals surface area contributed by atoms with Crippen LogP contribution in [0, 0.1) is 0 Å². The smallest absolute Gasteiger partial charge is 0.225 e. The van der Waals surface area contributed by atoms with Crippen LogP contribution in [0.15, 0.2) is 18.2 Å². The van der Waals surface area contributed by atoms with Gasteiger partial charge in [-0.25, -0.2) is 0 Å². The summed E-state index contributed by atoms with van der Waals surface area (Å²) in [6, 6.07) is 5.43. The zero-order valence-corrected chi connectivity index (χ0v) is 12.9. The molecule has 0 saturated carbocycles. The highest BCUT2D eigenvalue weighted by Gasteiger charge is 2.20. The van der Waals surface area contributed by atoms with Crippen molar-refractivity contribution in [3.63, 3.8) is 0 Å². The summed E-state index contributed by atoms with van der Waals surface area (Å²) in [5.41, 5.74) is 0.845. The van der Waals surface area contributed by atoms with E-state index < -0.39 is 0 Å². The number of halogens is 2. The molecule has 1 amide bonds. The van der Waals surface area contributed by atoms with Gasteiger partial charge in [-0.05, 0) is 11.6 Å². The summed E-state index contributed by atoms with van der Waals surface area (Å²) in [6.45, 7) is 2.66. The molecule has 0 bridgehead atoms. The number of ether oxygens (including phenoxy) is 1. The summed E-state index contributed by atoms with van der Waals surface area (Å²) in [6.07, 6.45) is 0.329. The SMILES string of the molecule is CN(Cc1cccc(Cl)c1Cl)C(=O)CC1CNCCO1. The molecule has 4 nitrogen and oxygen atoms in total. The molecule has 1 atom stereocenters. The molecule has 2 rings (SSSR count). The third-order valence-electron chi connectivity index (χ3n) is 3.27. The number of morpholine rings is 1. The maximum atomic E-state index is 12.2. The van der Waals surface area contributed by atoms with Crippen molar-refractivity contribution in [2.75, 3.05) is 26.7 Å². The first-order valence-electron chi connectivity index (χ1n) is 6.57. The average molecular weight is 317 g/mol. The van der Waals surface area contributed by atoms with Crippen molar-refractivity contribution >= 4 is 29.1 Å². The highest BCUT2D eigenvalue weighted by molar-refractivity contribution is 6.42. The van der Waals surface area contributed by atoms with E-state index in [0.29, 0.717) is 29.6 Å². The second-order valence-electron chi connectivity index (χ2n) is 4.86. The zero-order valence-electron chi connectivity index (χ0n) is 11.4. The van der Waals surface area contributed by atoms with E-state index in [1.807, 2.05) is 12.1 Å². The molecule has 1 aliphatic rings. The summed E-state index contributed by atoms with van der Waals surface area (Å²) >= 11 is 12.1. The lowest BCUT2D eigenvalue weighted by atomic mass is 10.1. The molecular formula is C14H18Cl2N2O2. The van der Waals surface area contributed by atoms with Gasteiger partial charge in [0.25, 0.3) is 0 Å². The number of rotatable bonds is 4. The Balaban J connectivity index is 1.91. The molecule has 1 heterocycles. The van der Waals surface area contributed by atoms with Crippen LogP contribution in [0.4, 0.5) is 0 Å². The molecule has 1 fully saturated rings. The molecule has 20 heavy (non-hydrogen) atoms. The number of nitrogens with zero attached hydrogens (tertiary/aromatic N) is 1. The van der Waals surface area contributed by atoms with Crippen molar-refractivity contribution in [1.29, 1.82) is 0 Å². The van der Waals surface area contributed by atoms with Crippen LogP contribution in [-0.2, 0) is 16.1 Å². The summed E-state index contributed by atoms with van der Waals surface area (Å²) in [4.78, 5) is 13.8. The first kappa shape index (κ1) is 15.6. The molecule has 1 aliphatic heterocycles. The standard InChI is InChI=1S/C14H18Cl2N2O2/c1-18(9-10-3-2-4-12(15)14(10)16)13(19)7-11-8-17-5-6-20-11/h2-4,11,17H,5-9H2,1H3. The number of carbonyl (C=O) groups excluding carboxylic acids is 1. The van der Waals surface area contributed by atoms with E-state index in [2.05, 4.69) is 5.32 Å². The van der Waals surface area contributed by atoms with Crippen LogP contribution in [0.25, 0.3) is 0 Å². The Hall–Kier alpha value is -0.810. The molecule has 1 N–H and O–H groups in total. The number of hydrogen-bond donors (Lipinski definition) is 1. The fraction of sp³-hybridized carbons (Fsp3) is 0.500. The second-order valence-corrected chi connectivity index (χ2v) is 5.65. The first-order valence-corrected chi connectivity index (χ1v) is 7.32. The van der Waals surface area contributed by atoms with Gasteiger partial charge in [-0.2, -0.15) is 0 Å². The summed E-state index contributed by atoms with van der Waals surface area (Å²) in [5.74, 6) is 0.0368. The van der Waals surface area contributed by atoms with Gasteiger partial charge in [-0.15, -0.1) is 0 Å². The molecule has 1 aromatic carbocycles. The lowest BCUT2D eigenvalue weighted by Crippen LogP contribution is -2.41. The van der Waals surface area contributed by atoms with Crippen LogP contribution < -0.4 is 5.32 Å². The van der Waals surface area contributed by atoms with Gasteiger partial charge >= 0.3 is 0 Å².